The Balaban J connectivity index is 1.99. The van der Waals surface area contributed by atoms with Crippen molar-refractivity contribution >= 4 is 27.5 Å². The van der Waals surface area contributed by atoms with Crippen molar-refractivity contribution in [2.24, 2.45) is 5.92 Å². The van der Waals surface area contributed by atoms with Crippen LogP contribution in [0.1, 0.15) is 37.7 Å². The maximum Gasteiger partial charge on any atom is 0.0406 e. The molecule has 0 spiro atoms. The molecule has 1 aliphatic carbocycles. The first-order valence-corrected chi connectivity index (χ1v) is 7.43. The molecule has 88 valence electrons. The predicted molar refractivity (Wildman–Crippen MR) is 74.4 cm³/mol. The molecule has 0 N–H and O–H groups in total. The van der Waals surface area contributed by atoms with E-state index in [1.807, 2.05) is 12.1 Å². The highest BCUT2D eigenvalue weighted by atomic mass is 79.9. The summed E-state index contributed by atoms with van der Waals surface area (Å²) in [5, 5.41) is 0.833. The molecule has 2 atom stereocenters. The van der Waals surface area contributed by atoms with Crippen LogP contribution in [0.25, 0.3) is 0 Å². The van der Waals surface area contributed by atoms with E-state index in [4.69, 9.17) is 11.6 Å². The van der Waals surface area contributed by atoms with Gasteiger partial charge in [0.1, 0.15) is 0 Å². The first kappa shape index (κ1) is 12.4. The summed E-state index contributed by atoms with van der Waals surface area (Å²) in [6.45, 7) is 0. The molecular formula is C14H18BrCl. The standard InChI is InChI=1S/C14H18BrCl/c15-14-5-3-1-2-4-12(14)10-11-6-8-13(16)9-7-11/h6-9,12,14H,1-5,10H2. The highest BCUT2D eigenvalue weighted by Gasteiger charge is 2.21. The van der Waals surface area contributed by atoms with Crippen molar-refractivity contribution in [3.63, 3.8) is 0 Å². The van der Waals surface area contributed by atoms with E-state index >= 15 is 0 Å². The van der Waals surface area contributed by atoms with Crippen molar-refractivity contribution < 1.29 is 0 Å². The van der Waals surface area contributed by atoms with Crippen LogP contribution in [0.2, 0.25) is 5.02 Å². The minimum absolute atomic E-state index is 0.700. The van der Waals surface area contributed by atoms with Crippen LogP contribution >= 0.6 is 27.5 Å². The van der Waals surface area contributed by atoms with Crippen molar-refractivity contribution in [3.05, 3.63) is 34.9 Å². The molecule has 1 aromatic rings. The summed E-state index contributed by atoms with van der Waals surface area (Å²) in [4.78, 5) is 0.700. The molecule has 0 aliphatic heterocycles. The van der Waals surface area contributed by atoms with Crippen molar-refractivity contribution in [2.45, 2.75) is 43.4 Å². The summed E-state index contributed by atoms with van der Waals surface area (Å²) in [5.74, 6) is 0.795. The molecule has 1 aromatic carbocycles. The van der Waals surface area contributed by atoms with Crippen molar-refractivity contribution in [3.8, 4) is 0 Å². The van der Waals surface area contributed by atoms with E-state index in [-0.39, 0.29) is 0 Å². The Labute approximate surface area is 112 Å². The summed E-state index contributed by atoms with van der Waals surface area (Å²) < 4.78 is 0. The largest absolute Gasteiger partial charge is 0.0888 e. The Hall–Kier alpha value is -0.0100. The molecule has 1 saturated carbocycles. The molecule has 16 heavy (non-hydrogen) atoms. The fourth-order valence-corrected chi connectivity index (χ4v) is 3.39. The Morgan fingerprint density at radius 3 is 2.50 bits per heavy atom. The maximum absolute atomic E-state index is 5.90. The molecule has 0 heterocycles. The lowest BCUT2D eigenvalue weighted by Gasteiger charge is -2.19. The zero-order valence-corrected chi connectivity index (χ0v) is 11.8. The minimum atomic E-state index is 0.700. The van der Waals surface area contributed by atoms with Gasteiger partial charge in [-0.05, 0) is 42.9 Å². The Morgan fingerprint density at radius 1 is 1.06 bits per heavy atom. The van der Waals surface area contributed by atoms with E-state index in [9.17, 15) is 0 Å². The first-order chi connectivity index (χ1) is 7.75. The van der Waals surface area contributed by atoms with Gasteiger partial charge in [0.05, 0.1) is 0 Å². The second-order valence-electron chi connectivity index (χ2n) is 4.74. The molecule has 0 bridgehead atoms. The third-order valence-electron chi connectivity index (χ3n) is 3.48. The van der Waals surface area contributed by atoms with E-state index < -0.39 is 0 Å². The quantitative estimate of drug-likeness (QED) is 0.518. The number of rotatable bonds is 2. The van der Waals surface area contributed by atoms with Gasteiger partial charge in [-0.15, -0.1) is 0 Å². The second-order valence-corrected chi connectivity index (χ2v) is 6.36. The summed E-state index contributed by atoms with van der Waals surface area (Å²) >= 11 is 9.75. The molecule has 2 unspecified atom stereocenters. The molecule has 1 aliphatic rings. The second kappa shape index (κ2) is 6.07. The van der Waals surface area contributed by atoms with Crippen molar-refractivity contribution in [1.82, 2.24) is 0 Å². The predicted octanol–water partition coefficient (Wildman–Crippen LogP) is 5.23. The van der Waals surface area contributed by atoms with Gasteiger partial charge < -0.3 is 0 Å². The van der Waals surface area contributed by atoms with Gasteiger partial charge in [0.25, 0.3) is 0 Å². The van der Waals surface area contributed by atoms with Crippen LogP contribution in [0.15, 0.2) is 24.3 Å². The van der Waals surface area contributed by atoms with Crippen LogP contribution < -0.4 is 0 Å². The third kappa shape index (κ3) is 3.49. The fraction of sp³-hybridized carbons (Fsp3) is 0.571. The van der Waals surface area contributed by atoms with Gasteiger partial charge in [0.15, 0.2) is 0 Å². The average molecular weight is 302 g/mol. The lowest BCUT2D eigenvalue weighted by Crippen LogP contribution is -2.15. The smallest absolute Gasteiger partial charge is 0.0406 e. The molecule has 0 amide bonds. The monoisotopic (exact) mass is 300 g/mol. The van der Waals surface area contributed by atoms with E-state index in [1.54, 1.807) is 0 Å². The SMILES string of the molecule is Clc1ccc(CC2CCCCCC2Br)cc1. The van der Waals surface area contributed by atoms with Gasteiger partial charge in [0, 0.05) is 9.85 Å². The number of hydrogen-bond donors (Lipinski definition) is 0. The average Bonchev–Trinajstić information content (AvgIpc) is 2.48. The van der Waals surface area contributed by atoms with Gasteiger partial charge in [-0.2, -0.15) is 0 Å². The Kier molecular flexibility index (Phi) is 4.72. The van der Waals surface area contributed by atoms with Gasteiger partial charge in [-0.25, -0.2) is 0 Å². The van der Waals surface area contributed by atoms with Gasteiger partial charge in [-0.1, -0.05) is 58.9 Å². The molecule has 2 rings (SSSR count). The molecule has 2 heteroatoms. The number of halogens is 2. The maximum atomic E-state index is 5.90. The minimum Gasteiger partial charge on any atom is -0.0888 e. The van der Waals surface area contributed by atoms with Crippen LogP contribution in [0.4, 0.5) is 0 Å². The van der Waals surface area contributed by atoms with Gasteiger partial charge in [0.2, 0.25) is 0 Å². The fourth-order valence-electron chi connectivity index (χ4n) is 2.49. The van der Waals surface area contributed by atoms with Crippen LogP contribution in [0, 0.1) is 5.92 Å². The lowest BCUT2D eigenvalue weighted by atomic mass is 9.92. The summed E-state index contributed by atoms with van der Waals surface area (Å²) in [5.41, 5.74) is 1.42. The van der Waals surface area contributed by atoms with Crippen LogP contribution in [-0.4, -0.2) is 4.83 Å². The Morgan fingerprint density at radius 2 is 1.75 bits per heavy atom. The Bertz CT molecular complexity index is 320. The number of alkyl halides is 1. The molecule has 0 aromatic heterocycles. The number of hydrogen-bond acceptors (Lipinski definition) is 0. The van der Waals surface area contributed by atoms with Gasteiger partial charge in [-0.3, -0.25) is 0 Å². The molecular weight excluding hydrogens is 284 g/mol. The molecule has 0 nitrogen and oxygen atoms in total. The highest BCUT2D eigenvalue weighted by molar-refractivity contribution is 9.09. The third-order valence-corrected chi connectivity index (χ3v) is 4.93. The molecule has 0 radical (unpaired) electrons. The first-order valence-electron chi connectivity index (χ1n) is 6.14. The van der Waals surface area contributed by atoms with E-state index in [0.717, 1.165) is 10.9 Å². The van der Waals surface area contributed by atoms with E-state index in [0.29, 0.717) is 4.83 Å². The van der Waals surface area contributed by atoms with Crippen LogP contribution in [0.3, 0.4) is 0 Å². The van der Waals surface area contributed by atoms with Crippen molar-refractivity contribution in [2.75, 3.05) is 0 Å². The zero-order valence-electron chi connectivity index (χ0n) is 9.46. The normalized spacial score (nSPS) is 26.4. The van der Waals surface area contributed by atoms with Crippen LogP contribution in [-0.2, 0) is 6.42 Å². The summed E-state index contributed by atoms with van der Waals surface area (Å²) in [6, 6.07) is 8.31. The lowest BCUT2D eigenvalue weighted by molar-refractivity contribution is 0.475. The summed E-state index contributed by atoms with van der Waals surface area (Å²) in [7, 11) is 0. The van der Waals surface area contributed by atoms with Crippen LogP contribution in [0.5, 0.6) is 0 Å². The highest BCUT2D eigenvalue weighted by Crippen LogP contribution is 2.31. The topological polar surface area (TPSA) is 0 Å². The molecule has 1 fully saturated rings. The van der Waals surface area contributed by atoms with Gasteiger partial charge >= 0.3 is 0 Å². The summed E-state index contributed by atoms with van der Waals surface area (Å²) in [6.07, 6.45) is 8.05. The molecule has 0 saturated heterocycles. The van der Waals surface area contributed by atoms with E-state index in [1.165, 1.54) is 44.1 Å². The zero-order chi connectivity index (χ0) is 11.4. The number of benzene rings is 1. The van der Waals surface area contributed by atoms with E-state index in [2.05, 4.69) is 28.1 Å². The van der Waals surface area contributed by atoms with Crippen molar-refractivity contribution in [1.29, 1.82) is 0 Å².